The molecule has 0 bridgehead atoms. The Morgan fingerprint density at radius 2 is 1.96 bits per heavy atom. The van der Waals surface area contributed by atoms with Gasteiger partial charge in [-0.05, 0) is 49.2 Å². The quantitative estimate of drug-likeness (QED) is 0.717. The number of carbonyl (C=O) groups is 1. The number of aromatic nitrogens is 1. The standard InChI is InChI=1S/C22H22N2O2/c1-16-6-3-7-18(12-16)15-26-21-10-4-8-19(13-21)22(25)24-17(2)20-9-5-11-23-14-20/h3-14,17H,15H2,1-2H3,(H,24,25). The van der Waals surface area contributed by atoms with E-state index >= 15 is 0 Å². The average molecular weight is 346 g/mol. The Morgan fingerprint density at radius 3 is 2.73 bits per heavy atom. The molecule has 3 aromatic rings. The van der Waals surface area contributed by atoms with E-state index in [1.165, 1.54) is 5.56 Å². The van der Waals surface area contributed by atoms with Crippen LogP contribution >= 0.6 is 0 Å². The van der Waals surface area contributed by atoms with Gasteiger partial charge >= 0.3 is 0 Å². The predicted molar refractivity (Wildman–Crippen MR) is 102 cm³/mol. The van der Waals surface area contributed by atoms with Gasteiger partial charge in [-0.3, -0.25) is 9.78 Å². The number of rotatable bonds is 6. The number of nitrogens with zero attached hydrogens (tertiary/aromatic N) is 1. The van der Waals surface area contributed by atoms with Crippen LogP contribution in [0, 0.1) is 6.92 Å². The van der Waals surface area contributed by atoms with Gasteiger partial charge in [-0.1, -0.05) is 42.0 Å². The van der Waals surface area contributed by atoms with Gasteiger partial charge in [0.1, 0.15) is 12.4 Å². The van der Waals surface area contributed by atoms with E-state index in [4.69, 9.17) is 4.74 Å². The fourth-order valence-electron chi connectivity index (χ4n) is 2.69. The zero-order valence-electron chi connectivity index (χ0n) is 15.0. The molecular weight excluding hydrogens is 324 g/mol. The van der Waals surface area contributed by atoms with Gasteiger partial charge in [-0.2, -0.15) is 0 Å². The number of ether oxygens (including phenoxy) is 1. The molecule has 1 atom stereocenters. The molecule has 1 aromatic heterocycles. The van der Waals surface area contributed by atoms with Crippen molar-refractivity contribution in [2.24, 2.45) is 0 Å². The van der Waals surface area contributed by atoms with Crippen molar-refractivity contribution in [3.05, 3.63) is 95.3 Å². The first-order chi connectivity index (χ1) is 12.6. The molecule has 3 rings (SSSR count). The van der Waals surface area contributed by atoms with Gasteiger partial charge in [0.2, 0.25) is 0 Å². The summed E-state index contributed by atoms with van der Waals surface area (Å²) in [5, 5.41) is 2.99. The molecule has 132 valence electrons. The summed E-state index contributed by atoms with van der Waals surface area (Å²) in [6.45, 7) is 4.46. The maximum Gasteiger partial charge on any atom is 0.251 e. The van der Waals surface area contributed by atoms with Crippen molar-refractivity contribution < 1.29 is 9.53 Å². The Hall–Kier alpha value is -3.14. The summed E-state index contributed by atoms with van der Waals surface area (Å²) in [7, 11) is 0. The average Bonchev–Trinajstić information content (AvgIpc) is 2.67. The van der Waals surface area contributed by atoms with Gasteiger partial charge in [0.05, 0.1) is 6.04 Å². The summed E-state index contributed by atoms with van der Waals surface area (Å²) in [6, 6.07) is 19.1. The molecule has 0 fully saturated rings. The van der Waals surface area contributed by atoms with Crippen LogP contribution in [0.25, 0.3) is 0 Å². The number of carbonyl (C=O) groups excluding carboxylic acids is 1. The zero-order chi connectivity index (χ0) is 18.4. The van der Waals surface area contributed by atoms with Gasteiger partial charge in [0.15, 0.2) is 0 Å². The molecule has 4 nitrogen and oxygen atoms in total. The van der Waals surface area contributed by atoms with Crippen LogP contribution in [0.4, 0.5) is 0 Å². The molecule has 0 saturated heterocycles. The highest BCUT2D eigenvalue weighted by atomic mass is 16.5. The minimum absolute atomic E-state index is 0.118. The van der Waals surface area contributed by atoms with E-state index in [9.17, 15) is 4.79 Å². The highest BCUT2D eigenvalue weighted by molar-refractivity contribution is 5.94. The third-order valence-corrected chi connectivity index (χ3v) is 4.12. The van der Waals surface area contributed by atoms with Crippen molar-refractivity contribution in [1.29, 1.82) is 0 Å². The molecule has 0 aliphatic rings. The van der Waals surface area contributed by atoms with Crippen molar-refractivity contribution in [1.82, 2.24) is 10.3 Å². The van der Waals surface area contributed by atoms with Crippen LogP contribution in [0.1, 0.15) is 40.0 Å². The second-order valence-electron chi connectivity index (χ2n) is 6.29. The van der Waals surface area contributed by atoms with Crippen molar-refractivity contribution in [3.8, 4) is 5.75 Å². The molecule has 4 heteroatoms. The third-order valence-electron chi connectivity index (χ3n) is 4.12. The SMILES string of the molecule is Cc1cccc(COc2cccc(C(=O)NC(C)c3cccnc3)c2)c1. The van der Waals surface area contributed by atoms with Crippen molar-refractivity contribution in [2.75, 3.05) is 0 Å². The van der Waals surface area contributed by atoms with Gasteiger partial charge in [-0.25, -0.2) is 0 Å². The van der Waals surface area contributed by atoms with Crippen LogP contribution in [0.3, 0.4) is 0 Å². The molecule has 1 heterocycles. The van der Waals surface area contributed by atoms with Crippen molar-refractivity contribution in [3.63, 3.8) is 0 Å². The normalized spacial score (nSPS) is 11.6. The van der Waals surface area contributed by atoms with Crippen LogP contribution in [-0.2, 0) is 6.61 Å². The molecule has 1 unspecified atom stereocenters. The third kappa shape index (κ3) is 4.70. The van der Waals surface area contributed by atoms with Gasteiger partial charge in [0, 0.05) is 18.0 Å². The summed E-state index contributed by atoms with van der Waals surface area (Å²) in [4.78, 5) is 16.6. The largest absolute Gasteiger partial charge is 0.489 e. The summed E-state index contributed by atoms with van der Waals surface area (Å²) in [5.41, 5.74) is 3.84. The fourth-order valence-corrected chi connectivity index (χ4v) is 2.69. The van der Waals surface area contributed by atoms with E-state index in [1.807, 2.05) is 43.3 Å². The molecule has 0 radical (unpaired) electrons. The summed E-state index contributed by atoms with van der Waals surface area (Å²) >= 11 is 0. The first kappa shape index (κ1) is 17.7. The summed E-state index contributed by atoms with van der Waals surface area (Å²) in [5.74, 6) is 0.538. The Bertz CT molecular complexity index is 878. The van der Waals surface area contributed by atoms with E-state index in [0.29, 0.717) is 17.9 Å². The smallest absolute Gasteiger partial charge is 0.251 e. The van der Waals surface area contributed by atoms with Crippen LogP contribution in [0.2, 0.25) is 0 Å². The molecule has 1 N–H and O–H groups in total. The number of hydrogen-bond donors (Lipinski definition) is 1. The van der Waals surface area contributed by atoms with E-state index in [2.05, 4.69) is 29.4 Å². The topological polar surface area (TPSA) is 51.2 Å². The summed E-state index contributed by atoms with van der Waals surface area (Å²) in [6.07, 6.45) is 3.47. The van der Waals surface area contributed by atoms with E-state index in [0.717, 1.165) is 11.1 Å². The maximum absolute atomic E-state index is 12.5. The Balaban J connectivity index is 1.63. The highest BCUT2D eigenvalue weighted by Crippen LogP contribution is 2.17. The highest BCUT2D eigenvalue weighted by Gasteiger charge is 2.12. The number of nitrogens with one attached hydrogen (secondary N) is 1. The first-order valence-electron chi connectivity index (χ1n) is 8.61. The predicted octanol–water partition coefficient (Wildman–Crippen LogP) is 4.46. The number of hydrogen-bond acceptors (Lipinski definition) is 3. The first-order valence-corrected chi connectivity index (χ1v) is 8.61. The lowest BCUT2D eigenvalue weighted by molar-refractivity contribution is 0.0939. The van der Waals surface area contributed by atoms with Crippen molar-refractivity contribution in [2.45, 2.75) is 26.5 Å². The minimum Gasteiger partial charge on any atom is -0.489 e. The Morgan fingerprint density at radius 1 is 1.12 bits per heavy atom. The van der Waals surface area contributed by atoms with E-state index < -0.39 is 0 Å². The molecule has 2 aromatic carbocycles. The Kier molecular flexibility index (Phi) is 5.64. The second-order valence-corrected chi connectivity index (χ2v) is 6.29. The number of pyridine rings is 1. The fraction of sp³-hybridized carbons (Fsp3) is 0.182. The van der Waals surface area contributed by atoms with E-state index in [1.54, 1.807) is 24.5 Å². The number of aryl methyl sites for hydroxylation is 1. The lowest BCUT2D eigenvalue weighted by atomic mass is 10.1. The van der Waals surface area contributed by atoms with E-state index in [-0.39, 0.29) is 11.9 Å². The summed E-state index contributed by atoms with van der Waals surface area (Å²) < 4.78 is 5.84. The Labute approximate surface area is 153 Å². The molecule has 0 aliphatic heterocycles. The molecule has 26 heavy (non-hydrogen) atoms. The molecule has 1 amide bonds. The minimum atomic E-state index is -0.137. The van der Waals surface area contributed by atoms with Gasteiger partial charge < -0.3 is 10.1 Å². The van der Waals surface area contributed by atoms with Crippen LogP contribution in [0.15, 0.2) is 73.1 Å². The zero-order valence-corrected chi connectivity index (χ0v) is 15.0. The number of benzene rings is 2. The van der Waals surface area contributed by atoms with Crippen LogP contribution in [-0.4, -0.2) is 10.9 Å². The number of amides is 1. The van der Waals surface area contributed by atoms with Gasteiger partial charge in [-0.15, -0.1) is 0 Å². The lowest BCUT2D eigenvalue weighted by Gasteiger charge is -2.14. The van der Waals surface area contributed by atoms with Crippen LogP contribution in [0.5, 0.6) is 5.75 Å². The second kappa shape index (κ2) is 8.30. The van der Waals surface area contributed by atoms with Crippen LogP contribution < -0.4 is 10.1 Å². The monoisotopic (exact) mass is 346 g/mol. The lowest BCUT2D eigenvalue weighted by Crippen LogP contribution is -2.26. The molecule has 0 spiro atoms. The van der Waals surface area contributed by atoms with Crippen molar-refractivity contribution >= 4 is 5.91 Å². The molecule has 0 aliphatic carbocycles. The van der Waals surface area contributed by atoms with Gasteiger partial charge in [0.25, 0.3) is 5.91 Å². The maximum atomic E-state index is 12.5. The molecular formula is C22H22N2O2. The molecule has 0 saturated carbocycles.